The third kappa shape index (κ3) is 3.16. The lowest BCUT2D eigenvalue weighted by atomic mass is 10.1. The average molecular weight is 210 g/mol. The van der Waals surface area contributed by atoms with Crippen LogP contribution in [0.5, 0.6) is 11.5 Å². The highest BCUT2D eigenvalue weighted by Crippen LogP contribution is 2.24. The largest absolute Gasteiger partial charge is 0.508 e. The molecule has 0 aliphatic rings. The van der Waals surface area contributed by atoms with Crippen LogP contribution in [0.2, 0.25) is 0 Å². The summed E-state index contributed by atoms with van der Waals surface area (Å²) in [4.78, 5) is 11.2. The molecule has 0 aliphatic heterocycles. The summed E-state index contributed by atoms with van der Waals surface area (Å²) in [6.07, 6.45) is 0.150. The van der Waals surface area contributed by atoms with Crippen LogP contribution in [0.25, 0.3) is 0 Å². The van der Waals surface area contributed by atoms with Gasteiger partial charge >= 0.3 is 5.97 Å². The monoisotopic (exact) mass is 210 g/mol. The van der Waals surface area contributed by atoms with E-state index in [-0.39, 0.29) is 18.1 Å². The highest BCUT2D eigenvalue weighted by molar-refractivity contribution is 5.73. The molecule has 0 spiro atoms. The van der Waals surface area contributed by atoms with Gasteiger partial charge in [0.05, 0.1) is 20.1 Å². The number of phenolic OH excluding ortho intramolecular Hbond substituents is 1. The first kappa shape index (κ1) is 11.4. The van der Waals surface area contributed by atoms with Crippen LogP contribution in [0, 0.1) is 0 Å². The van der Waals surface area contributed by atoms with Crippen molar-refractivity contribution in [2.75, 3.05) is 13.7 Å². The second-order valence-corrected chi connectivity index (χ2v) is 2.98. The molecule has 82 valence electrons. The molecule has 0 fully saturated rings. The number of methoxy groups -OCH3 is 1. The van der Waals surface area contributed by atoms with Gasteiger partial charge in [0.1, 0.15) is 11.5 Å². The van der Waals surface area contributed by atoms with Crippen LogP contribution in [-0.2, 0) is 16.0 Å². The van der Waals surface area contributed by atoms with E-state index in [0.717, 1.165) is 0 Å². The Morgan fingerprint density at radius 3 is 2.80 bits per heavy atom. The number of rotatable bonds is 4. The molecule has 0 aliphatic carbocycles. The minimum Gasteiger partial charge on any atom is -0.508 e. The van der Waals surface area contributed by atoms with E-state index < -0.39 is 0 Å². The van der Waals surface area contributed by atoms with E-state index in [0.29, 0.717) is 17.9 Å². The van der Waals surface area contributed by atoms with Crippen molar-refractivity contribution in [1.82, 2.24) is 0 Å². The van der Waals surface area contributed by atoms with Crippen molar-refractivity contribution in [1.29, 1.82) is 0 Å². The van der Waals surface area contributed by atoms with Gasteiger partial charge in [-0.15, -0.1) is 0 Å². The minimum atomic E-state index is -0.304. The van der Waals surface area contributed by atoms with Crippen molar-refractivity contribution in [3.8, 4) is 11.5 Å². The first-order chi connectivity index (χ1) is 7.17. The third-order valence-electron chi connectivity index (χ3n) is 1.91. The number of hydrogen-bond donors (Lipinski definition) is 1. The fourth-order valence-electron chi connectivity index (χ4n) is 1.25. The zero-order valence-corrected chi connectivity index (χ0v) is 8.82. The maximum absolute atomic E-state index is 11.2. The molecule has 4 nitrogen and oxygen atoms in total. The second kappa shape index (κ2) is 5.24. The van der Waals surface area contributed by atoms with Gasteiger partial charge in [-0.1, -0.05) is 6.07 Å². The quantitative estimate of drug-likeness (QED) is 0.765. The lowest BCUT2D eigenvalue weighted by Gasteiger charge is -2.08. The van der Waals surface area contributed by atoms with Crippen molar-refractivity contribution in [3.63, 3.8) is 0 Å². The molecule has 0 heterocycles. The zero-order chi connectivity index (χ0) is 11.3. The Bertz CT molecular complexity index is 346. The predicted molar refractivity (Wildman–Crippen MR) is 55.0 cm³/mol. The van der Waals surface area contributed by atoms with Crippen LogP contribution in [0.4, 0.5) is 0 Å². The van der Waals surface area contributed by atoms with Gasteiger partial charge in [0.15, 0.2) is 0 Å². The van der Waals surface area contributed by atoms with Crippen LogP contribution in [0.1, 0.15) is 12.5 Å². The van der Waals surface area contributed by atoms with Crippen molar-refractivity contribution >= 4 is 5.97 Å². The van der Waals surface area contributed by atoms with Crippen molar-refractivity contribution in [2.24, 2.45) is 0 Å². The summed E-state index contributed by atoms with van der Waals surface area (Å²) in [5.74, 6) is 0.295. The van der Waals surface area contributed by atoms with E-state index in [1.165, 1.54) is 19.2 Å². The van der Waals surface area contributed by atoms with Gasteiger partial charge < -0.3 is 14.6 Å². The molecule has 0 atom stereocenters. The maximum Gasteiger partial charge on any atom is 0.310 e. The number of hydrogen-bond acceptors (Lipinski definition) is 4. The molecule has 0 aromatic heterocycles. The molecule has 0 unspecified atom stereocenters. The Balaban J connectivity index is 2.80. The molecule has 1 aromatic carbocycles. The number of aromatic hydroxyl groups is 1. The van der Waals surface area contributed by atoms with Gasteiger partial charge in [-0.2, -0.15) is 0 Å². The summed E-state index contributed by atoms with van der Waals surface area (Å²) in [6, 6.07) is 4.62. The van der Waals surface area contributed by atoms with Crippen LogP contribution in [-0.4, -0.2) is 24.8 Å². The lowest BCUT2D eigenvalue weighted by Crippen LogP contribution is -2.08. The molecule has 0 saturated carbocycles. The standard InChI is InChI=1S/C11H14O4/c1-3-15-11(13)6-8-4-5-9(12)7-10(8)14-2/h4-5,7,12H,3,6H2,1-2H3. The van der Waals surface area contributed by atoms with Crippen molar-refractivity contribution < 1.29 is 19.4 Å². The number of carbonyl (C=O) groups is 1. The molecule has 0 bridgehead atoms. The number of benzene rings is 1. The van der Waals surface area contributed by atoms with E-state index in [2.05, 4.69) is 0 Å². The fraction of sp³-hybridized carbons (Fsp3) is 0.364. The van der Waals surface area contributed by atoms with Crippen LogP contribution in [0.3, 0.4) is 0 Å². The van der Waals surface area contributed by atoms with Gasteiger partial charge in [-0.05, 0) is 13.0 Å². The smallest absolute Gasteiger partial charge is 0.310 e. The van der Waals surface area contributed by atoms with Crippen molar-refractivity contribution in [2.45, 2.75) is 13.3 Å². The number of esters is 1. The fourth-order valence-corrected chi connectivity index (χ4v) is 1.25. The van der Waals surface area contributed by atoms with Crippen LogP contribution < -0.4 is 4.74 Å². The Labute approximate surface area is 88.4 Å². The van der Waals surface area contributed by atoms with Gasteiger partial charge in [-0.25, -0.2) is 0 Å². The maximum atomic E-state index is 11.2. The SMILES string of the molecule is CCOC(=O)Cc1ccc(O)cc1OC. The molecular weight excluding hydrogens is 196 g/mol. The molecule has 1 N–H and O–H groups in total. The van der Waals surface area contributed by atoms with Crippen molar-refractivity contribution in [3.05, 3.63) is 23.8 Å². The van der Waals surface area contributed by atoms with E-state index in [4.69, 9.17) is 9.47 Å². The topological polar surface area (TPSA) is 55.8 Å². The summed E-state index contributed by atoms with van der Waals surface area (Å²) in [6.45, 7) is 2.12. The Hall–Kier alpha value is -1.71. The first-order valence-corrected chi connectivity index (χ1v) is 4.69. The molecule has 0 saturated heterocycles. The number of phenols is 1. The molecule has 0 amide bonds. The van der Waals surface area contributed by atoms with Gasteiger partial charge in [0, 0.05) is 11.6 Å². The Morgan fingerprint density at radius 1 is 1.47 bits per heavy atom. The normalized spacial score (nSPS) is 9.73. The Kier molecular flexibility index (Phi) is 3.97. The average Bonchev–Trinajstić information content (AvgIpc) is 2.21. The molecule has 1 aromatic rings. The van der Waals surface area contributed by atoms with Gasteiger partial charge in [-0.3, -0.25) is 4.79 Å². The Morgan fingerprint density at radius 2 is 2.20 bits per heavy atom. The van der Waals surface area contributed by atoms with E-state index in [1.54, 1.807) is 13.0 Å². The number of ether oxygens (including phenoxy) is 2. The summed E-state index contributed by atoms with van der Waals surface area (Å²) in [5, 5.41) is 9.21. The summed E-state index contributed by atoms with van der Waals surface area (Å²) >= 11 is 0. The van der Waals surface area contributed by atoms with Gasteiger partial charge in [0.2, 0.25) is 0 Å². The molecule has 4 heteroatoms. The lowest BCUT2D eigenvalue weighted by molar-refractivity contribution is -0.142. The van der Waals surface area contributed by atoms with E-state index in [1.807, 2.05) is 0 Å². The zero-order valence-electron chi connectivity index (χ0n) is 8.82. The summed E-state index contributed by atoms with van der Waals surface area (Å²) < 4.78 is 9.86. The van der Waals surface area contributed by atoms with E-state index >= 15 is 0 Å². The van der Waals surface area contributed by atoms with Crippen LogP contribution in [0.15, 0.2) is 18.2 Å². The molecular formula is C11H14O4. The molecule has 15 heavy (non-hydrogen) atoms. The second-order valence-electron chi connectivity index (χ2n) is 2.98. The third-order valence-corrected chi connectivity index (χ3v) is 1.91. The minimum absolute atomic E-state index is 0.111. The molecule has 1 rings (SSSR count). The predicted octanol–water partition coefficient (Wildman–Crippen LogP) is 1.51. The van der Waals surface area contributed by atoms with E-state index in [9.17, 15) is 9.90 Å². The molecule has 0 radical (unpaired) electrons. The van der Waals surface area contributed by atoms with Crippen LogP contribution >= 0.6 is 0 Å². The highest BCUT2D eigenvalue weighted by atomic mass is 16.5. The summed E-state index contributed by atoms with van der Waals surface area (Å²) in [5.41, 5.74) is 0.703. The first-order valence-electron chi connectivity index (χ1n) is 4.69. The van der Waals surface area contributed by atoms with Gasteiger partial charge in [0.25, 0.3) is 0 Å². The number of carbonyl (C=O) groups excluding carboxylic acids is 1. The summed E-state index contributed by atoms with van der Waals surface area (Å²) in [7, 11) is 1.49. The highest BCUT2D eigenvalue weighted by Gasteiger charge is 2.09.